The Morgan fingerprint density at radius 3 is 2.12 bits per heavy atom. The molecule has 0 heterocycles. The molecule has 1 unspecified atom stereocenters. The maximum atomic E-state index is 13.8. The molecule has 0 aliphatic heterocycles. The van der Waals surface area contributed by atoms with Gasteiger partial charge in [0.1, 0.15) is 24.9 Å². The molecule has 3 aromatic carbocycles. The Morgan fingerprint density at radius 2 is 1.55 bits per heavy atom. The number of hydrogen-bond donors (Lipinski definition) is 1. The monoisotopic (exact) mass is 565 g/mol. The maximum absolute atomic E-state index is 13.8. The fraction of sp³-hybridized carbons (Fsp3) is 0.355. The van der Waals surface area contributed by atoms with Gasteiger partial charge in [-0.25, -0.2) is 8.42 Å². The third-order valence-electron chi connectivity index (χ3n) is 6.46. The lowest BCUT2D eigenvalue weighted by molar-refractivity contribution is -0.140. The van der Waals surface area contributed by atoms with Crippen LogP contribution in [0.15, 0.2) is 78.9 Å². The number of carbonyl (C=O) groups is 2. The number of aryl methyl sites for hydroxylation is 1. The van der Waals surface area contributed by atoms with Crippen LogP contribution < -0.4 is 14.4 Å². The summed E-state index contributed by atoms with van der Waals surface area (Å²) < 4.78 is 32.6. The van der Waals surface area contributed by atoms with Crippen LogP contribution in [0.1, 0.15) is 43.4 Å². The first-order valence-electron chi connectivity index (χ1n) is 13.5. The summed E-state index contributed by atoms with van der Waals surface area (Å²) in [6, 6.07) is 23.3. The molecule has 3 rings (SSSR count). The van der Waals surface area contributed by atoms with Gasteiger partial charge in [0.15, 0.2) is 0 Å². The molecule has 0 aromatic heterocycles. The number of carbonyl (C=O) groups excluding carboxylic acids is 2. The standard InChI is InChI=1S/C31H39N3O5S/c1-5-20-32-31(36)29(6-2)33(21-25-14-12-24(3)13-15-25)30(35)22-34(40(4,37)38)27-16-18-28(19-17-27)39-23-26-10-8-7-9-11-26/h7-19,29H,5-6,20-23H2,1-4H3,(H,32,36). The van der Waals surface area contributed by atoms with Crippen molar-refractivity contribution in [3.05, 3.63) is 95.6 Å². The number of amides is 2. The Bertz CT molecular complexity index is 1340. The molecule has 0 radical (unpaired) electrons. The molecule has 0 spiro atoms. The van der Waals surface area contributed by atoms with E-state index in [1.165, 1.54) is 4.90 Å². The number of anilines is 1. The third-order valence-corrected chi connectivity index (χ3v) is 7.60. The van der Waals surface area contributed by atoms with Gasteiger partial charge in [-0.3, -0.25) is 13.9 Å². The van der Waals surface area contributed by atoms with Crippen LogP contribution in [-0.2, 0) is 32.8 Å². The molecule has 0 bridgehead atoms. The van der Waals surface area contributed by atoms with E-state index >= 15 is 0 Å². The van der Waals surface area contributed by atoms with Crippen molar-refractivity contribution in [3.63, 3.8) is 0 Å². The molecule has 0 aliphatic rings. The molecular formula is C31H39N3O5S. The van der Waals surface area contributed by atoms with Gasteiger partial charge in [0.05, 0.1) is 11.9 Å². The first kappa shape index (κ1) is 30.7. The first-order valence-corrected chi connectivity index (χ1v) is 15.3. The second-order valence-corrected chi connectivity index (χ2v) is 11.7. The molecule has 0 aliphatic carbocycles. The third kappa shape index (κ3) is 8.84. The number of nitrogens with zero attached hydrogens (tertiary/aromatic N) is 2. The summed E-state index contributed by atoms with van der Waals surface area (Å²) in [6.45, 7) is 6.39. The van der Waals surface area contributed by atoms with Crippen molar-refractivity contribution in [2.24, 2.45) is 0 Å². The molecule has 2 amide bonds. The lowest BCUT2D eigenvalue weighted by Gasteiger charge is -2.33. The van der Waals surface area contributed by atoms with Crippen molar-refractivity contribution in [3.8, 4) is 5.75 Å². The van der Waals surface area contributed by atoms with E-state index in [4.69, 9.17) is 4.74 Å². The van der Waals surface area contributed by atoms with E-state index in [9.17, 15) is 18.0 Å². The largest absolute Gasteiger partial charge is 0.489 e. The lowest BCUT2D eigenvalue weighted by atomic mass is 10.1. The van der Waals surface area contributed by atoms with Crippen LogP contribution in [0.25, 0.3) is 0 Å². The number of rotatable bonds is 14. The summed E-state index contributed by atoms with van der Waals surface area (Å²) >= 11 is 0. The van der Waals surface area contributed by atoms with E-state index in [2.05, 4.69) is 5.32 Å². The van der Waals surface area contributed by atoms with E-state index in [0.717, 1.165) is 33.7 Å². The summed E-state index contributed by atoms with van der Waals surface area (Å²) in [5, 5.41) is 2.88. The van der Waals surface area contributed by atoms with E-state index < -0.39 is 28.5 Å². The topological polar surface area (TPSA) is 96.0 Å². The van der Waals surface area contributed by atoms with Crippen molar-refractivity contribution < 1.29 is 22.7 Å². The fourth-order valence-electron chi connectivity index (χ4n) is 4.24. The quantitative estimate of drug-likeness (QED) is 0.306. The van der Waals surface area contributed by atoms with Gasteiger partial charge in [-0.05, 0) is 55.2 Å². The highest BCUT2D eigenvalue weighted by Crippen LogP contribution is 2.23. The van der Waals surface area contributed by atoms with Gasteiger partial charge in [0, 0.05) is 13.1 Å². The molecule has 1 N–H and O–H groups in total. The Morgan fingerprint density at radius 1 is 0.900 bits per heavy atom. The van der Waals surface area contributed by atoms with Crippen LogP contribution in [0.4, 0.5) is 5.69 Å². The Labute approximate surface area is 238 Å². The highest BCUT2D eigenvalue weighted by Gasteiger charge is 2.31. The van der Waals surface area contributed by atoms with Gasteiger partial charge in [-0.1, -0.05) is 74.0 Å². The van der Waals surface area contributed by atoms with Crippen LogP contribution in [-0.4, -0.2) is 50.5 Å². The second-order valence-electron chi connectivity index (χ2n) is 9.76. The van der Waals surface area contributed by atoms with E-state index in [-0.39, 0.29) is 12.5 Å². The zero-order chi connectivity index (χ0) is 29.1. The van der Waals surface area contributed by atoms with Gasteiger partial charge >= 0.3 is 0 Å². The van der Waals surface area contributed by atoms with E-state index in [1.807, 2.05) is 75.4 Å². The van der Waals surface area contributed by atoms with Crippen LogP contribution in [0.2, 0.25) is 0 Å². The molecule has 1 atom stereocenters. The van der Waals surface area contributed by atoms with Crippen LogP contribution in [0.5, 0.6) is 5.75 Å². The SMILES string of the molecule is CCCNC(=O)C(CC)N(Cc1ccc(C)cc1)C(=O)CN(c1ccc(OCc2ccccc2)cc1)S(C)(=O)=O. The van der Waals surface area contributed by atoms with Crippen LogP contribution in [0.3, 0.4) is 0 Å². The minimum absolute atomic E-state index is 0.182. The van der Waals surface area contributed by atoms with Crippen LogP contribution in [0, 0.1) is 6.92 Å². The van der Waals surface area contributed by atoms with Gasteiger partial charge < -0.3 is 15.0 Å². The number of benzene rings is 3. The van der Waals surface area contributed by atoms with Crippen molar-refractivity contribution in [1.29, 1.82) is 0 Å². The highest BCUT2D eigenvalue weighted by atomic mass is 32.2. The Balaban J connectivity index is 1.83. The predicted molar refractivity (Wildman–Crippen MR) is 159 cm³/mol. The fourth-order valence-corrected chi connectivity index (χ4v) is 5.09. The van der Waals surface area contributed by atoms with Crippen molar-refractivity contribution >= 4 is 27.5 Å². The summed E-state index contributed by atoms with van der Waals surface area (Å²) in [5.41, 5.74) is 3.28. The maximum Gasteiger partial charge on any atom is 0.244 e. The van der Waals surface area contributed by atoms with Gasteiger partial charge in [0.2, 0.25) is 21.8 Å². The van der Waals surface area contributed by atoms with E-state index in [1.54, 1.807) is 24.3 Å². The molecule has 214 valence electrons. The summed E-state index contributed by atoms with van der Waals surface area (Å²) in [6.07, 6.45) is 2.22. The average molecular weight is 566 g/mol. The lowest BCUT2D eigenvalue weighted by Crippen LogP contribution is -2.52. The number of ether oxygens (including phenoxy) is 1. The molecule has 3 aromatic rings. The zero-order valence-electron chi connectivity index (χ0n) is 23.7. The molecular weight excluding hydrogens is 526 g/mol. The summed E-state index contributed by atoms with van der Waals surface area (Å²) in [4.78, 5) is 28.3. The van der Waals surface area contributed by atoms with Crippen molar-refractivity contribution in [1.82, 2.24) is 10.2 Å². The summed E-state index contributed by atoms with van der Waals surface area (Å²) in [7, 11) is -3.82. The van der Waals surface area contributed by atoms with Crippen LogP contribution >= 0.6 is 0 Å². The Kier molecular flexibility index (Phi) is 11.1. The molecule has 9 heteroatoms. The second kappa shape index (κ2) is 14.5. The van der Waals surface area contributed by atoms with E-state index in [0.29, 0.717) is 31.0 Å². The number of sulfonamides is 1. The molecule has 0 fully saturated rings. The number of hydrogen-bond acceptors (Lipinski definition) is 5. The minimum atomic E-state index is -3.82. The Hall–Kier alpha value is -3.85. The van der Waals surface area contributed by atoms with Gasteiger partial charge in [0.25, 0.3) is 0 Å². The van der Waals surface area contributed by atoms with Crippen molar-refractivity contribution in [2.75, 3.05) is 23.7 Å². The van der Waals surface area contributed by atoms with Gasteiger partial charge in [-0.2, -0.15) is 0 Å². The first-order chi connectivity index (χ1) is 19.1. The molecule has 8 nitrogen and oxygen atoms in total. The molecule has 0 saturated carbocycles. The average Bonchev–Trinajstić information content (AvgIpc) is 2.94. The molecule has 40 heavy (non-hydrogen) atoms. The zero-order valence-corrected chi connectivity index (χ0v) is 24.5. The summed E-state index contributed by atoms with van der Waals surface area (Å²) in [5.74, 6) is -0.142. The molecule has 0 saturated heterocycles. The van der Waals surface area contributed by atoms with Gasteiger partial charge in [-0.15, -0.1) is 0 Å². The minimum Gasteiger partial charge on any atom is -0.489 e. The van der Waals surface area contributed by atoms with Crippen molar-refractivity contribution in [2.45, 2.75) is 52.8 Å². The highest BCUT2D eigenvalue weighted by molar-refractivity contribution is 7.92. The smallest absolute Gasteiger partial charge is 0.244 e. The predicted octanol–water partition coefficient (Wildman–Crippen LogP) is 4.67. The normalized spacial score (nSPS) is 11.9. The number of nitrogens with one attached hydrogen (secondary N) is 1.